The van der Waals surface area contributed by atoms with Crippen LogP contribution in [0.1, 0.15) is 26.2 Å². The molecule has 23 heavy (non-hydrogen) atoms. The van der Waals surface area contributed by atoms with Crippen LogP contribution in [0.2, 0.25) is 0 Å². The second kappa shape index (κ2) is 8.19. The van der Waals surface area contributed by atoms with E-state index in [1.807, 2.05) is 6.92 Å². The summed E-state index contributed by atoms with van der Waals surface area (Å²) in [6.45, 7) is 4.62. The van der Waals surface area contributed by atoms with E-state index in [0.29, 0.717) is 31.5 Å². The number of rotatable bonds is 5. The van der Waals surface area contributed by atoms with Crippen LogP contribution in [0.15, 0.2) is 4.99 Å². The molecular weight excluding hydrogens is 307 g/mol. The second-order valence-electron chi connectivity index (χ2n) is 6.48. The molecule has 2 N–H and O–H groups in total. The van der Waals surface area contributed by atoms with Gasteiger partial charge in [-0.2, -0.15) is 13.2 Å². The third-order valence-corrected chi connectivity index (χ3v) is 4.49. The summed E-state index contributed by atoms with van der Waals surface area (Å²) in [5, 5.41) is 6.47. The summed E-state index contributed by atoms with van der Waals surface area (Å²) >= 11 is 0. The van der Waals surface area contributed by atoms with Crippen molar-refractivity contribution in [2.75, 3.05) is 46.3 Å². The highest BCUT2D eigenvalue weighted by molar-refractivity contribution is 5.80. The fourth-order valence-electron chi connectivity index (χ4n) is 3.27. The van der Waals surface area contributed by atoms with Crippen molar-refractivity contribution < 1.29 is 13.2 Å². The number of halogens is 3. The number of nitrogens with one attached hydrogen (secondary N) is 2. The predicted octanol–water partition coefficient (Wildman–Crippen LogP) is 1.27. The van der Waals surface area contributed by atoms with E-state index >= 15 is 0 Å². The standard InChI is InChI=1S/C15H28F3N5/c1-3-19-14(20-9-13-5-4-7-22(13)2)21-12-6-8-23(10-12)11-15(16,17)18/h12-13H,3-11H2,1-2H3,(H2,19,20,21). The zero-order chi connectivity index (χ0) is 16.9. The van der Waals surface area contributed by atoms with Crippen molar-refractivity contribution in [2.45, 2.75) is 44.4 Å². The lowest BCUT2D eigenvalue weighted by Crippen LogP contribution is -2.45. The van der Waals surface area contributed by atoms with E-state index in [2.05, 4.69) is 27.6 Å². The van der Waals surface area contributed by atoms with Gasteiger partial charge in [0.1, 0.15) is 0 Å². The van der Waals surface area contributed by atoms with E-state index in [1.54, 1.807) is 0 Å². The summed E-state index contributed by atoms with van der Waals surface area (Å²) in [7, 11) is 2.11. The number of hydrogen-bond donors (Lipinski definition) is 2. The number of likely N-dealkylation sites (N-methyl/N-ethyl adjacent to an activating group) is 1. The smallest absolute Gasteiger partial charge is 0.357 e. The van der Waals surface area contributed by atoms with E-state index < -0.39 is 12.7 Å². The van der Waals surface area contributed by atoms with Gasteiger partial charge in [0, 0.05) is 31.7 Å². The molecule has 0 aromatic rings. The van der Waals surface area contributed by atoms with Crippen molar-refractivity contribution in [3.8, 4) is 0 Å². The second-order valence-corrected chi connectivity index (χ2v) is 6.48. The number of guanidine groups is 1. The molecule has 0 spiro atoms. The van der Waals surface area contributed by atoms with Crippen LogP contribution in [0.4, 0.5) is 13.2 Å². The van der Waals surface area contributed by atoms with Gasteiger partial charge in [-0.15, -0.1) is 0 Å². The molecule has 0 aromatic carbocycles. The molecule has 0 bridgehead atoms. The normalized spacial score (nSPS) is 27.6. The quantitative estimate of drug-likeness (QED) is 0.587. The van der Waals surface area contributed by atoms with Crippen molar-refractivity contribution >= 4 is 5.96 Å². The van der Waals surface area contributed by atoms with Gasteiger partial charge in [-0.05, 0) is 39.8 Å². The molecule has 2 saturated heterocycles. The van der Waals surface area contributed by atoms with Crippen molar-refractivity contribution in [3.63, 3.8) is 0 Å². The van der Waals surface area contributed by atoms with Gasteiger partial charge < -0.3 is 15.5 Å². The summed E-state index contributed by atoms with van der Waals surface area (Å²) in [5.74, 6) is 0.714. The Bertz CT molecular complexity index is 399. The first kappa shape index (κ1) is 18.3. The van der Waals surface area contributed by atoms with Crippen LogP contribution in [0.25, 0.3) is 0 Å². The predicted molar refractivity (Wildman–Crippen MR) is 85.7 cm³/mol. The van der Waals surface area contributed by atoms with E-state index in [-0.39, 0.29) is 6.04 Å². The average molecular weight is 335 g/mol. The highest BCUT2D eigenvalue weighted by atomic mass is 19.4. The molecule has 2 rings (SSSR count). The number of aliphatic imine (C=N–C) groups is 1. The van der Waals surface area contributed by atoms with E-state index in [4.69, 9.17) is 0 Å². The first-order chi connectivity index (χ1) is 10.9. The lowest BCUT2D eigenvalue weighted by atomic mass is 10.2. The molecule has 2 atom stereocenters. The lowest BCUT2D eigenvalue weighted by molar-refractivity contribution is -0.143. The van der Waals surface area contributed by atoms with Gasteiger partial charge in [0.15, 0.2) is 5.96 Å². The Labute approximate surface area is 136 Å². The summed E-state index contributed by atoms with van der Waals surface area (Å²) in [6, 6.07) is 0.493. The zero-order valence-electron chi connectivity index (χ0n) is 14.0. The summed E-state index contributed by atoms with van der Waals surface area (Å²) in [6.07, 6.45) is -1.05. The Morgan fingerprint density at radius 3 is 2.65 bits per heavy atom. The maximum absolute atomic E-state index is 12.4. The number of alkyl halides is 3. The molecular formula is C15H28F3N5. The van der Waals surface area contributed by atoms with Crippen LogP contribution in [-0.4, -0.2) is 80.3 Å². The Morgan fingerprint density at radius 2 is 2.04 bits per heavy atom. The highest BCUT2D eigenvalue weighted by Gasteiger charge is 2.34. The first-order valence-electron chi connectivity index (χ1n) is 8.41. The number of likely N-dealkylation sites (tertiary alicyclic amines) is 2. The number of hydrogen-bond acceptors (Lipinski definition) is 3. The molecule has 2 aliphatic rings. The molecule has 2 heterocycles. The highest BCUT2D eigenvalue weighted by Crippen LogP contribution is 2.20. The van der Waals surface area contributed by atoms with Gasteiger partial charge in [-0.3, -0.25) is 9.89 Å². The monoisotopic (exact) mass is 335 g/mol. The van der Waals surface area contributed by atoms with Gasteiger partial charge in [0.2, 0.25) is 0 Å². The van der Waals surface area contributed by atoms with Crippen molar-refractivity contribution in [2.24, 2.45) is 4.99 Å². The molecule has 0 aromatic heterocycles. The van der Waals surface area contributed by atoms with Crippen LogP contribution >= 0.6 is 0 Å². The first-order valence-corrected chi connectivity index (χ1v) is 8.41. The van der Waals surface area contributed by atoms with Gasteiger partial charge in [-0.1, -0.05) is 0 Å². The van der Waals surface area contributed by atoms with Gasteiger partial charge in [0.25, 0.3) is 0 Å². The van der Waals surface area contributed by atoms with Crippen molar-refractivity contribution in [1.29, 1.82) is 0 Å². The zero-order valence-corrected chi connectivity index (χ0v) is 14.0. The molecule has 0 saturated carbocycles. The van der Waals surface area contributed by atoms with E-state index in [9.17, 15) is 13.2 Å². The third kappa shape index (κ3) is 6.18. The van der Waals surface area contributed by atoms with Crippen LogP contribution in [0.5, 0.6) is 0 Å². The molecule has 2 fully saturated rings. The Morgan fingerprint density at radius 1 is 1.26 bits per heavy atom. The summed E-state index contributed by atoms with van der Waals surface area (Å²) < 4.78 is 37.3. The summed E-state index contributed by atoms with van der Waals surface area (Å²) in [5.41, 5.74) is 0. The van der Waals surface area contributed by atoms with Crippen LogP contribution in [-0.2, 0) is 0 Å². The van der Waals surface area contributed by atoms with Crippen LogP contribution in [0.3, 0.4) is 0 Å². The molecule has 134 valence electrons. The van der Waals surface area contributed by atoms with Crippen LogP contribution < -0.4 is 10.6 Å². The Hall–Kier alpha value is -1.02. The molecule has 0 aliphatic carbocycles. The average Bonchev–Trinajstić information content (AvgIpc) is 3.04. The SMILES string of the molecule is CCNC(=NCC1CCCN1C)NC1CCN(CC(F)(F)F)C1. The molecule has 0 amide bonds. The Balaban J connectivity index is 1.82. The third-order valence-electron chi connectivity index (χ3n) is 4.49. The van der Waals surface area contributed by atoms with Gasteiger partial charge in [-0.25, -0.2) is 0 Å². The maximum Gasteiger partial charge on any atom is 0.401 e. The minimum atomic E-state index is -4.12. The molecule has 2 unspecified atom stereocenters. The molecule has 0 radical (unpaired) electrons. The fourth-order valence-corrected chi connectivity index (χ4v) is 3.27. The molecule has 2 aliphatic heterocycles. The van der Waals surface area contributed by atoms with E-state index in [0.717, 1.165) is 26.1 Å². The van der Waals surface area contributed by atoms with E-state index in [1.165, 1.54) is 11.3 Å². The lowest BCUT2D eigenvalue weighted by Gasteiger charge is -2.21. The minimum absolute atomic E-state index is 0.0245. The largest absolute Gasteiger partial charge is 0.401 e. The fraction of sp³-hybridized carbons (Fsp3) is 0.933. The minimum Gasteiger partial charge on any atom is -0.357 e. The molecule has 5 nitrogen and oxygen atoms in total. The van der Waals surface area contributed by atoms with Crippen LogP contribution in [0, 0.1) is 0 Å². The topological polar surface area (TPSA) is 42.9 Å². The number of nitrogens with zero attached hydrogens (tertiary/aromatic N) is 3. The van der Waals surface area contributed by atoms with Gasteiger partial charge >= 0.3 is 6.18 Å². The Kier molecular flexibility index (Phi) is 6.52. The maximum atomic E-state index is 12.4. The van der Waals surface area contributed by atoms with Crippen molar-refractivity contribution in [3.05, 3.63) is 0 Å². The molecule has 8 heteroatoms. The summed E-state index contributed by atoms with van der Waals surface area (Å²) in [4.78, 5) is 8.38. The van der Waals surface area contributed by atoms with Gasteiger partial charge in [0.05, 0.1) is 13.1 Å². The van der Waals surface area contributed by atoms with Crippen molar-refractivity contribution in [1.82, 2.24) is 20.4 Å².